The Balaban J connectivity index is 1.61. The molecule has 4 rings (SSSR count). The highest BCUT2D eigenvalue weighted by Gasteiger charge is 2.23. The van der Waals surface area contributed by atoms with Crippen molar-refractivity contribution in [1.82, 2.24) is 9.97 Å². The molecule has 0 bridgehead atoms. The van der Waals surface area contributed by atoms with E-state index in [0.29, 0.717) is 6.61 Å². The van der Waals surface area contributed by atoms with Crippen molar-refractivity contribution in [2.75, 3.05) is 31.2 Å². The number of nitrogens with zero attached hydrogens (tertiary/aromatic N) is 3. The number of piperidine rings is 1. The van der Waals surface area contributed by atoms with Crippen molar-refractivity contribution in [2.24, 2.45) is 5.92 Å². The first-order chi connectivity index (χ1) is 14.7. The van der Waals surface area contributed by atoms with Gasteiger partial charge in [0.15, 0.2) is 0 Å². The van der Waals surface area contributed by atoms with Crippen LogP contribution in [0.25, 0.3) is 22.5 Å². The van der Waals surface area contributed by atoms with Gasteiger partial charge in [-0.3, -0.25) is 4.98 Å². The van der Waals surface area contributed by atoms with Crippen LogP contribution in [0.3, 0.4) is 0 Å². The molecule has 0 radical (unpaired) electrons. The normalized spacial score (nSPS) is 16.4. The summed E-state index contributed by atoms with van der Waals surface area (Å²) in [6, 6.07) is 20.2. The average molecular weight is 403 g/mol. The Labute approximate surface area is 176 Å². The summed E-state index contributed by atoms with van der Waals surface area (Å²) in [5.74, 6) is 0.197. The van der Waals surface area contributed by atoms with Crippen molar-refractivity contribution in [3.8, 4) is 22.5 Å². The summed E-state index contributed by atoms with van der Waals surface area (Å²) in [6.45, 7) is 1.89. The van der Waals surface area contributed by atoms with Gasteiger partial charge in [-0.15, -0.1) is 0 Å². The minimum Gasteiger partial charge on any atom is -0.480 e. The van der Waals surface area contributed by atoms with Crippen molar-refractivity contribution in [3.05, 3.63) is 66.9 Å². The molecule has 0 aliphatic carbocycles. The first-order valence-electron chi connectivity index (χ1n) is 10.2. The molecule has 1 atom stereocenters. The Hall–Kier alpha value is -3.25. The van der Waals surface area contributed by atoms with Crippen molar-refractivity contribution < 1.29 is 14.6 Å². The van der Waals surface area contributed by atoms with E-state index in [1.54, 1.807) is 0 Å². The molecule has 1 saturated heterocycles. The number of hydrogen-bond acceptors (Lipinski definition) is 5. The Kier molecular flexibility index (Phi) is 6.35. The van der Waals surface area contributed by atoms with Gasteiger partial charge in [0.25, 0.3) is 0 Å². The van der Waals surface area contributed by atoms with Crippen LogP contribution in [0.2, 0.25) is 0 Å². The summed E-state index contributed by atoms with van der Waals surface area (Å²) in [7, 11) is 0. The molecule has 0 saturated carbocycles. The maximum absolute atomic E-state index is 10.7. The number of benzene rings is 2. The third kappa shape index (κ3) is 4.83. The van der Waals surface area contributed by atoms with Crippen LogP contribution in [0, 0.1) is 5.92 Å². The number of carboxylic acid groups (broad SMARTS) is 1. The van der Waals surface area contributed by atoms with Gasteiger partial charge >= 0.3 is 5.97 Å². The van der Waals surface area contributed by atoms with Crippen LogP contribution in [0.1, 0.15) is 12.8 Å². The van der Waals surface area contributed by atoms with Crippen LogP contribution < -0.4 is 4.90 Å². The molecule has 1 fully saturated rings. The van der Waals surface area contributed by atoms with E-state index in [-0.39, 0.29) is 12.5 Å². The monoisotopic (exact) mass is 403 g/mol. The third-order valence-corrected chi connectivity index (χ3v) is 5.28. The lowest BCUT2D eigenvalue weighted by molar-refractivity contribution is -0.142. The predicted octanol–water partition coefficient (Wildman–Crippen LogP) is 4.13. The number of aromatic nitrogens is 2. The first-order valence-corrected chi connectivity index (χ1v) is 10.2. The van der Waals surface area contributed by atoms with Gasteiger partial charge in [0.1, 0.15) is 12.4 Å². The SMILES string of the molecule is O=C(O)COCC1CCCN(c2cnc(-c3ccccc3)c(-c3ccccc3)n2)C1. The van der Waals surface area contributed by atoms with Crippen LogP contribution in [0.5, 0.6) is 0 Å². The second-order valence-corrected chi connectivity index (χ2v) is 7.52. The minimum absolute atomic E-state index is 0.250. The molecule has 1 aliphatic rings. The van der Waals surface area contributed by atoms with E-state index < -0.39 is 5.97 Å². The van der Waals surface area contributed by atoms with Crippen molar-refractivity contribution in [2.45, 2.75) is 12.8 Å². The van der Waals surface area contributed by atoms with Crippen molar-refractivity contribution >= 4 is 11.8 Å². The molecule has 0 spiro atoms. The summed E-state index contributed by atoms with van der Waals surface area (Å²) in [5, 5.41) is 8.78. The predicted molar refractivity (Wildman–Crippen MR) is 116 cm³/mol. The molecule has 6 nitrogen and oxygen atoms in total. The number of aliphatic carboxylic acids is 1. The quantitative estimate of drug-likeness (QED) is 0.639. The van der Waals surface area contributed by atoms with Gasteiger partial charge in [-0.25, -0.2) is 9.78 Å². The standard InChI is InChI=1S/C24H25N3O3/c28-22(29)17-30-16-18-8-7-13-27(15-18)21-14-25-23(19-9-3-1-4-10-19)24(26-21)20-11-5-2-6-12-20/h1-6,9-12,14,18H,7-8,13,15-17H2,(H,28,29). The number of carbonyl (C=O) groups is 1. The summed E-state index contributed by atoms with van der Waals surface area (Å²) < 4.78 is 5.33. The van der Waals surface area contributed by atoms with Crippen molar-refractivity contribution in [1.29, 1.82) is 0 Å². The molecule has 1 unspecified atom stereocenters. The lowest BCUT2D eigenvalue weighted by atomic mass is 9.99. The zero-order valence-corrected chi connectivity index (χ0v) is 16.8. The van der Waals surface area contributed by atoms with Gasteiger partial charge in [0.05, 0.1) is 24.2 Å². The average Bonchev–Trinajstić information content (AvgIpc) is 2.80. The number of ether oxygens (including phenoxy) is 1. The zero-order valence-electron chi connectivity index (χ0n) is 16.8. The lowest BCUT2D eigenvalue weighted by Gasteiger charge is -2.33. The second-order valence-electron chi connectivity index (χ2n) is 7.52. The molecule has 2 heterocycles. The van der Waals surface area contributed by atoms with Crippen LogP contribution in [0.15, 0.2) is 66.9 Å². The van der Waals surface area contributed by atoms with Crippen molar-refractivity contribution in [3.63, 3.8) is 0 Å². The summed E-state index contributed by atoms with van der Waals surface area (Å²) in [5.41, 5.74) is 3.80. The smallest absolute Gasteiger partial charge is 0.329 e. The Morgan fingerprint density at radius 1 is 1.03 bits per heavy atom. The third-order valence-electron chi connectivity index (χ3n) is 5.28. The second kappa shape index (κ2) is 9.50. The zero-order chi connectivity index (χ0) is 20.8. The number of rotatable bonds is 7. The maximum Gasteiger partial charge on any atom is 0.329 e. The van der Waals surface area contributed by atoms with E-state index in [2.05, 4.69) is 17.0 Å². The Bertz CT molecular complexity index is 980. The van der Waals surface area contributed by atoms with Gasteiger partial charge in [-0.05, 0) is 18.8 Å². The van der Waals surface area contributed by atoms with E-state index in [1.807, 2.05) is 54.7 Å². The first kappa shape index (κ1) is 20.0. The van der Waals surface area contributed by atoms with Gasteiger partial charge in [-0.2, -0.15) is 0 Å². The number of hydrogen-bond donors (Lipinski definition) is 1. The van der Waals surface area contributed by atoms with Crippen LogP contribution in [-0.4, -0.2) is 47.3 Å². The van der Waals surface area contributed by atoms with E-state index in [4.69, 9.17) is 19.8 Å². The molecular formula is C24H25N3O3. The number of anilines is 1. The molecule has 30 heavy (non-hydrogen) atoms. The summed E-state index contributed by atoms with van der Waals surface area (Å²) >= 11 is 0. The van der Waals surface area contributed by atoms with Crippen LogP contribution >= 0.6 is 0 Å². The highest BCUT2D eigenvalue weighted by atomic mass is 16.5. The molecular weight excluding hydrogens is 378 g/mol. The van der Waals surface area contributed by atoms with Gasteiger partial charge in [0.2, 0.25) is 0 Å². The van der Waals surface area contributed by atoms with E-state index in [9.17, 15) is 4.79 Å². The molecule has 1 aromatic heterocycles. The fourth-order valence-corrected chi connectivity index (χ4v) is 3.86. The summed E-state index contributed by atoms with van der Waals surface area (Å²) in [4.78, 5) is 22.7. The van der Waals surface area contributed by atoms with Gasteiger partial charge in [0, 0.05) is 24.2 Å². The van der Waals surface area contributed by atoms with Gasteiger partial charge in [-0.1, -0.05) is 60.7 Å². The van der Waals surface area contributed by atoms with Crippen LogP contribution in [-0.2, 0) is 9.53 Å². The molecule has 2 aromatic carbocycles. The Morgan fingerprint density at radius 2 is 1.70 bits per heavy atom. The largest absolute Gasteiger partial charge is 0.480 e. The fraction of sp³-hybridized carbons (Fsp3) is 0.292. The molecule has 154 valence electrons. The molecule has 1 N–H and O–H groups in total. The molecule has 0 amide bonds. The van der Waals surface area contributed by atoms with E-state index in [0.717, 1.165) is 54.3 Å². The maximum atomic E-state index is 10.7. The molecule has 1 aliphatic heterocycles. The summed E-state index contributed by atoms with van der Waals surface area (Å²) in [6.07, 6.45) is 3.89. The topological polar surface area (TPSA) is 75.6 Å². The highest BCUT2D eigenvalue weighted by Crippen LogP contribution is 2.31. The number of carboxylic acids is 1. The van der Waals surface area contributed by atoms with E-state index >= 15 is 0 Å². The van der Waals surface area contributed by atoms with Crippen LogP contribution in [0.4, 0.5) is 5.82 Å². The van der Waals surface area contributed by atoms with E-state index in [1.165, 1.54) is 0 Å². The molecule has 6 heteroatoms. The minimum atomic E-state index is -0.933. The fourth-order valence-electron chi connectivity index (χ4n) is 3.86. The highest BCUT2D eigenvalue weighted by molar-refractivity contribution is 5.78. The molecule has 3 aromatic rings. The lowest BCUT2D eigenvalue weighted by Crippen LogP contribution is -2.38. The van der Waals surface area contributed by atoms with Gasteiger partial charge < -0.3 is 14.7 Å². The Morgan fingerprint density at radius 3 is 2.37 bits per heavy atom.